The lowest BCUT2D eigenvalue weighted by molar-refractivity contribution is -0.128. The van der Waals surface area contributed by atoms with Crippen LogP contribution >= 0.6 is 0 Å². The fraction of sp³-hybridized carbons (Fsp3) is 0.556. The van der Waals surface area contributed by atoms with Crippen molar-refractivity contribution >= 4 is 11.8 Å². The van der Waals surface area contributed by atoms with Crippen molar-refractivity contribution in [2.75, 3.05) is 0 Å². The van der Waals surface area contributed by atoms with Crippen LogP contribution in [0.15, 0.2) is 12.2 Å². The maximum Gasteiger partial charge on any atom is 0.250 e. The zero-order valence-electron chi connectivity index (χ0n) is 7.76. The second-order valence-electron chi connectivity index (χ2n) is 3.25. The highest BCUT2D eigenvalue weighted by atomic mass is 16.2. The number of hydrogen-bond donors (Lipinski definition) is 1. The molecule has 0 atom stereocenters. The maximum atomic E-state index is 10.3. The van der Waals surface area contributed by atoms with Gasteiger partial charge in [0.1, 0.15) is 0 Å². The van der Waals surface area contributed by atoms with E-state index in [1.54, 1.807) is 6.08 Å². The Kier molecular flexibility index (Phi) is 5.00. The summed E-state index contributed by atoms with van der Waals surface area (Å²) in [6.45, 7) is 6.50. The van der Waals surface area contributed by atoms with Gasteiger partial charge in [0.2, 0.25) is 11.8 Å². The highest BCUT2D eigenvalue weighted by Gasteiger charge is 2.06. The van der Waals surface area contributed by atoms with E-state index in [0.29, 0.717) is 6.42 Å². The topological polar surface area (TPSA) is 46.2 Å². The molecular formula is C9H15NO2. The second-order valence-corrected chi connectivity index (χ2v) is 3.25. The maximum absolute atomic E-state index is 10.3. The Labute approximate surface area is 72.8 Å². The molecule has 0 aromatic carbocycles. The molecule has 0 saturated heterocycles. The van der Waals surface area contributed by atoms with Gasteiger partial charge < -0.3 is 0 Å². The standard InChI is InChI=1S/C5H5NO2.C4H10/c7-4-2-1-3-5(8)6-4;1-4(2)3/h1-2H,3H2,(H,6,7,8);4H,1-3H3. The molecule has 0 aromatic rings. The van der Waals surface area contributed by atoms with Crippen LogP contribution in [0.2, 0.25) is 0 Å². The van der Waals surface area contributed by atoms with E-state index in [-0.39, 0.29) is 11.8 Å². The van der Waals surface area contributed by atoms with Crippen molar-refractivity contribution in [1.82, 2.24) is 5.32 Å². The fourth-order valence-corrected chi connectivity index (χ4v) is 0.503. The second kappa shape index (κ2) is 5.52. The summed E-state index contributed by atoms with van der Waals surface area (Å²) in [5.74, 6) is 0.291. The summed E-state index contributed by atoms with van der Waals surface area (Å²) >= 11 is 0. The highest BCUT2D eigenvalue weighted by molar-refractivity contribution is 6.03. The summed E-state index contributed by atoms with van der Waals surface area (Å²) in [6.07, 6.45) is 3.22. The van der Waals surface area contributed by atoms with Crippen molar-refractivity contribution in [3.8, 4) is 0 Å². The average molecular weight is 169 g/mol. The Morgan fingerprint density at radius 2 is 1.83 bits per heavy atom. The van der Waals surface area contributed by atoms with Crippen molar-refractivity contribution < 1.29 is 9.59 Å². The first-order valence-corrected chi connectivity index (χ1v) is 4.02. The summed E-state index contributed by atoms with van der Waals surface area (Å²) in [4.78, 5) is 20.5. The number of imide groups is 1. The third-order valence-electron chi connectivity index (χ3n) is 0.835. The third-order valence-corrected chi connectivity index (χ3v) is 0.835. The number of amides is 2. The molecule has 3 heteroatoms. The molecule has 1 aliphatic heterocycles. The number of carbonyl (C=O) groups is 2. The smallest absolute Gasteiger partial charge is 0.250 e. The first-order chi connectivity index (χ1) is 5.52. The van der Waals surface area contributed by atoms with Crippen molar-refractivity contribution in [2.24, 2.45) is 5.92 Å². The Morgan fingerprint density at radius 1 is 1.33 bits per heavy atom. The van der Waals surface area contributed by atoms with Crippen LogP contribution in [-0.4, -0.2) is 11.8 Å². The molecule has 68 valence electrons. The van der Waals surface area contributed by atoms with Gasteiger partial charge in [0, 0.05) is 6.42 Å². The average Bonchev–Trinajstić information content (AvgIpc) is 1.84. The summed E-state index contributed by atoms with van der Waals surface area (Å²) in [5, 5.41) is 2.11. The number of carbonyl (C=O) groups excluding carboxylic acids is 2. The zero-order chi connectivity index (χ0) is 9.56. The van der Waals surface area contributed by atoms with E-state index < -0.39 is 0 Å². The van der Waals surface area contributed by atoms with E-state index in [2.05, 4.69) is 26.1 Å². The lowest BCUT2D eigenvalue weighted by Gasteiger charge is -2.00. The van der Waals surface area contributed by atoms with Gasteiger partial charge in [-0.15, -0.1) is 0 Å². The van der Waals surface area contributed by atoms with Crippen LogP contribution in [0.1, 0.15) is 27.2 Å². The molecular weight excluding hydrogens is 154 g/mol. The van der Waals surface area contributed by atoms with Crippen molar-refractivity contribution in [2.45, 2.75) is 27.2 Å². The van der Waals surface area contributed by atoms with Crippen LogP contribution < -0.4 is 5.32 Å². The van der Waals surface area contributed by atoms with Gasteiger partial charge in [-0.1, -0.05) is 26.8 Å². The van der Waals surface area contributed by atoms with Gasteiger partial charge >= 0.3 is 0 Å². The number of hydrogen-bond acceptors (Lipinski definition) is 2. The van der Waals surface area contributed by atoms with E-state index in [4.69, 9.17) is 0 Å². The Hall–Kier alpha value is -1.12. The number of rotatable bonds is 0. The van der Waals surface area contributed by atoms with E-state index in [1.807, 2.05) is 0 Å². The molecule has 2 amide bonds. The fourth-order valence-electron chi connectivity index (χ4n) is 0.503. The molecule has 0 bridgehead atoms. The molecule has 0 spiro atoms. The van der Waals surface area contributed by atoms with Crippen molar-refractivity contribution in [3.05, 3.63) is 12.2 Å². The zero-order valence-corrected chi connectivity index (χ0v) is 7.76. The van der Waals surface area contributed by atoms with Crippen LogP contribution in [0.25, 0.3) is 0 Å². The minimum atomic E-state index is -0.318. The SMILES string of the molecule is CC(C)C.O=C1C=CCC(=O)N1. The molecule has 0 aromatic heterocycles. The molecule has 0 unspecified atom stereocenters. The molecule has 1 N–H and O–H groups in total. The summed E-state index contributed by atoms with van der Waals surface area (Å²) in [5.41, 5.74) is 0. The molecule has 12 heavy (non-hydrogen) atoms. The Bertz CT molecular complexity index is 192. The quantitative estimate of drug-likeness (QED) is 0.555. The van der Waals surface area contributed by atoms with Crippen molar-refractivity contribution in [1.29, 1.82) is 0 Å². The monoisotopic (exact) mass is 169 g/mol. The van der Waals surface area contributed by atoms with Crippen LogP contribution in [0.4, 0.5) is 0 Å². The molecule has 0 radical (unpaired) electrons. The Morgan fingerprint density at radius 3 is 2.08 bits per heavy atom. The van der Waals surface area contributed by atoms with Crippen LogP contribution in [0, 0.1) is 5.92 Å². The van der Waals surface area contributed by atoms with Gasteiger partial charge in [0.25, 0.3) is 0 Å². The minimum absolute atomic E-state index is 0.225. The van der Waals surface area contributed by atoms with Crippen LogP contribution in [0.3, 0.4) is 0 Å². The largest absolute Gasteiger partial charge is 0.293 e. The Balaban J connectivity index is 0.000000261. The molecule has 0 fully saturated rings. The third kappa shape index (κ3) is 6.99. The molecule has 1 aliphatic rings. The van der Waals surface area contributed by atoms with Gasteiger partial charge in [-0.25, -0.2) is 0 Å². The van der Waals surface area contributed by atoms with E-state index >= 15 is 0 Å². The van der Waals surface area contributed by atoms with Crippen LogP contribution in [0.5, 0.6) is 0 Å². The van der Waals surface area contributed by atoms with Gasteiger partial charge in [0.05, 0.1) is 0 Å². The van der Waals surface area contributed by atoms with E-state index in [1.165, 1.54) is 6.08 Å². The highest BCUT2D eigenvalue weighted by Crippen LogP contribution is 1.89. The summed E-state index contributed by atoms with van der Waals surface area (Å²) < 4.78 is 0. The lowest BCUT2D eigenvalue weighted by Crippen LogP contribution is -2.30. The normalized spacial score (nSPS) is 15.3. The summed E-state index contributed by atoms with van der Waals surface area (Å²) in [7, 11) is 0. The molecule has 3 nitrogen and oxygen atoms in total. The lowest BCUT2D eigenvalue weighted by atomic mass is 10.3. The van der Waals surface area contributed by atoms with Crippen LogP contribution in [-0.2, 0) is 9.59 Å². The van der Waals surface area contributed by atoms with E-state index in [9.17, 15) is 9.59 Å². The van der Waals surface area contributed by atoms with Gasteiger partial charge in [0.15, 0.2) is 0 Å². The van der Waals surface area contributed by atoms with Gasteiger partial charge in [-0.05, 0) is 12.0 Å². The van der Waals surface area contributed by atoms with Gasteiger partial charge in [-0.3, -0.25) is 14.9 Å². The molecule has 1 rings (SSSR count). The predicted octanol–water partition coefficient (Wildman–Crippen LogP) is 1.25. The van der Waals surface area contributed by atoms with Gasteiger partial charge in [-0.2, -0.15) is 0 Å². The molecule has 1 heterocycles. The summed E-state index contributed by atoms with van der Waals surface area (Å²) in [6, 6.07) is 0. The van der Waals surface area contributed by atoms with Crippen molar-refractivity contribution in [3.63, 3.8) is 0 Å². The predicted molar refractivity (Wildman–Crippen MR) is 47.4 cm³/mol. The first-order valence-electron chi connectivity index (χ1n) is 4.02. The first kappa shape index (κ1) is 10.9. The van der Waals surface area contributed by atoms with E-state index in [0.717, 1.165) is 5.92 Å². The molecule has 0 saturated carbocycles. The molecule has 0 aliphatic carbocycles. The minimum Gasteiger partial charge on any atom is -0.293 e. The number of nitrogens with one attached hydrogen (secondary N) is 1.